The molecule has 1 saturated heterocycles. The number of aryl methyl sites for hydroxylation is 1. The summed E-state index contributed by atoms with van der Waals surface area (Å²) >= 11 is 12.1. The van der Waals surface area contributed by atoms with E-state index < -0.39 is 0 Å². The fraction of sp³-hybridized carbons (Fsp3) is 0.533. The average Bonchev–Trinajstić information content (AvgIpc) is 2.78. The van der Waals surface area contributed by atoms with E-state index in [9.17, 15) is 0 Å². The molecular formula is C15H18Cl2N2O. The topological polar surface area (TPSA) is 27.1 Å². The summed E-state index contributed by atoms with van der Waals surface area (Å²) in [5, 5.41) is 0.742. The minimum absolute atomic E-state index is 0.0269. The first-order chi connectivity index (χ1) is 9.64. The molecule has 1 aliphatic heterocycles. The molecule has 20 heavy (non-hydrogen) atoms. The largest absolute Gasteiger partial charge is 0.381 e. The van der Waals surface area contributed by atoms with Crippen LogP contribution in [0.2, 0.25) is 5.02 Å². The lowest BCUT2D eigenvalue weighted by molar-refractivity contribution is 0.0301. The average molecular weight is 313 g/mol. The molecule has 2 heterocycles. The molecule has 0 radical (unpaired) electrons. The highest BCUT2D eigenvalue weighted by Gasteiger charge is 2.32. The summed E-state index contributed by atoms with van der Waals surface area (Å²) < 4.78 is 7.85. The van der Waals surface area contributed by atoms with Crippen molar-refractivity contribution in [1.82, 2.24) is 9.55 Å². The van der Waals surface area contributed by atoms with Gasteiger partial charge in [0, 0.05) is 36.1 Å². The number of ether oxygens (including phenoxy) is 1. The Morgan fingerprint density at radius 2 is 2.10 bits per heavy atom. The van der Waals surface area contributed by atoms with Crippen LogP contribution in [0.3, 0.4) is 0 Å². The Morgan fingerprint density at radius 3 is 2.80 bits per heavy atom. The van der Waals surface area contributed by atoms with Crippen LogP contribution < -0.4 is 0 Å². The molecule has 1 aromatic carbocycles. The van der Waals surface area contributed by atoms with Gasteiger partial charge in [0.1, 0.15) is 5.82 Å². The molecule has 2 aromatic rings. The monoisotopic (exact) mass is 312 g/mol. The van der Waals surface area contributed by atoms with Crippen LogP contribution in [0.15, 0.2) is 18.2 Å². The Balaban J connectivity index is 2.19. The quantitative estimate of drug-likeness (QED) is 0.801. The van der Waals surface area contributed by atoms with Gasteiger partial charge in [-0.2, -0.15) is 0 Å². The summed E-state index contributed by atoms with van der Waals surface area (Å²) in [6.45, 7) is 3.85. The summed E-state index contributed by atoms with van der Waals surface area (Å²) in [5.74, 6) is 1.62. The molecule has 0 saturated carbocycles. The second kappa shape index (κ2) is 5.55. The maximum absolute atomic E-state index is 6.17. The van der Waals surface area contributed by atoms with Crippen LogP contribution in [0.1, 0.15) is 25.6 Å². The molecule has 0 unspecified atom stereocenters. The van der Waals surface area contributed by atoms with Gasteiger partial charge in [-0.3, -0.25) is 0 Å². The SMILES string of the molecule is CC1(n2c(CCCl)nc3ccc(Cl)cc32)CCOCC1. The minimum atomic E-state index is 0.0269. The first-order valence-electron chi connectivity index (χ1n) is 6.95. The first-order valence-corrected chi connectivity index (χ1v) is 7.86. The predicted octanol–water partition coefficient (Wildman–Crippen LogP) is 4.00. The number of aromatic nitrogens is 2. The van der Waals surface area contributed by atoms with Crippen LogP contribution in [-0.2, 0) is 16.7 Å². The van der Waals surface area contributed by atoms with E-state index in [0.29, 0.717) is 5.88 Å². The molecule has 1 aliphatic rings. The van der Waals surface area contributed by atoms with Crippen LogP contribution in [0, 0.1) is 0 Å². The number of hydrogen-bond acceptors (Lipinski definition) is 2. The number of nitrogens with zero attached hydrogens (tertiary/aromatic N) is 2. The van der Waals surface area contributed by atoms with Crippen LogP contribution in [0.5, 0.6) is 0 Å². The van der Waals surface area contributed by atoms with Crippen molar-refractivity contribution < 1.29 is 4.74 Å². The molecule has 0 aliphatic carbocycles. The molecular weight excluding hydrogens is 295 g/mol. The van der Waals surface area contributed by atoms with Gasteiger partial charge in [-0.1, -0.05) is 11.6 Å². The van der Waals surface area contributed by atoms with E-state index >= 15 is 0 Å². The first kappa shape index (κ1) is 14.2. The number of imidazole rings is 1. The normalized spacial score (nSPS) is 18.6. The van der Waals surface area contributed by atoms with E-state index in [2.05, 4.69) is 11.5 Å². The van der Waals surface area contributed by atoms with E-state index in [-0.39, 0.29) is 5.54 Å². The number of rotatable bonds is 3. The van der Waals surface area contributed by atoms with Gasteiger partial charge in [0.05, 0.1) is 11.0 Å². The lowest BCUT2D eigenvalue weighted by Crippen LogP contribution is -2.37. The van der Waals surface area contributed by atoms with Gasteiger partial charge < -0.3 is 9.30 Å². The molecule has 1 fully saturated rings. The summed E-state index contributed by atoms with van der Waals surface area (Å²) in [4.78, 5) is 4.74. The molecule has 108 valence electrons. The number of halogens is 2. The molecule has 0 bridgehead atoms. The fourth-order valence-corrected chi connectivity index (χ4v) is 3.32. The third-order valence-electron chi connectivity index (χ3n) is 4.11. The van der Waals surface area contributed by atoms with Gasteiger partial charge >= 0.3 is 0 Å². The maximum atomic E-state index is 6.17. The molecule has 3 rings (SSSR count). The number of fused-ring (bicyclic) bond motifs is 1. The van der Waals surface area contributed by atoms with E-state index in [1.165, 1.54) is 0 Å². The van der Waals surface area contributed by atoms with Crippen molar-refractivity contribution in [3.8, 4) is 0 Å². The zero-order valence-electron chi connectivity index (χ0n) is 11.5. The van der Waals surface area contributed by atoms with Crippen molar-refractivity contribution >= 4 is 34.2 Å². The number of benzene rings is 1. The van der Waals surface area contributed by atoms with Crippen molar-refractivity contribution in [2.24, 2.45) is 0 Å². The van der Waals surface area contributed by atoms with E-state index in [4.69, 9.17) is 32.9 Å². The van der Waals surface area contributed by atoms with Crippen molar-refractivity contribution in [1.29, 1.82) is 0 Å². The lowest BCUT2D eigenvalue weighted by Gasteiger charge is -2.36. The van der Waals surface area contributed by atoms with Gasteiger partial charge in [0.2, 0.25) is 0 Å². The van der Waals surface area contributed by atoms with Crippen LogP contribution in [0.25, 0.3) is 11.0 Å². The number of hydrogen-bond donors (Lipinski definition) is 0. The van der Waals surface area contributed by atoms with Gasteiger partial charge in [0.25, 0.3) is 0 Å². The molecule has 0 atom stereocenters. The third kappa shape index (κ3) is 2.43. The van der Waals surface area contributed by atoms with Gasteiger partial charge in [-0.25, -0.2) is 4.98 Å². The van der Waals surface area contributed by atoms with E-state index in [0.717, 1.165) is 54.4 Å². The zero-order valence-corrected chi connectivity index (χ0v) is 13.0. The Hall–Kier alpha value is -0.770. The van der Waals surface area contributed by atoms with Crippen LogP contribution in [-0.4, -0.2) is 28.6 Å². The van der Waals surface area contributed by atoms with E-state index in [1.54, 1.807) is 0 Å². The molecule has 1 aromatic heterocycles. The highest BCUT2D eigenvalue weighted by atomic mass is 35.5. The second-order valence-electron chi connectivity index (χ2n) is 5.54. The van der Waals surface area contributed by atoms with Crippen LogP contribution in [0.4, 0.5) is 0 Å². The van der Waals surface area contributed by atoms with Gasteiger partial charge in [-0.15, -0.1) is 11.6 Å². The molecule has 0 N–H and O–H groups in total. The predicted molar refractivity (Wildman–Crippen MR) is 82.9 cm³/mol. The zero-order chi connectivity index (χ0) is 14.2. The van der Waals surface area contributed by atoms with E-state index in [1.807, 2.05) is 18.2 Å². The maximum Gasteiger partial charge on any atom is 0.111 e. The van der Waals surface area contributed by atoms with Crippen molar-refractivity contribution in [3.63, 3.8) is 0 Å². The third-order valence-corrected chi connectivity index (χ3v) is 4.54. The number of alkyl halides is 1. The standard InChI is InChI=1S/C15H18Cl2N2O/c1-15(5-8-20-9-6-15)19-13-10-11(17)2-3-12(13)18-14(19)4-7-16/h2-3,10H,4-9H2,1H3. The van der Waals surface area contributed by atoms with Crippen LogP contribution >= 0.6 is 23.2 Å². The fourth-order valence-electron chi connectivity index (χ4n) is 2.99. The second-order valence-corrected chi connectivity index (χ2v) is 6.36. The summed E-state index contributed by atoms with van der Waals surface area (Å²) in [6.07, 6.45) is 2.74. The minimum Gasteiger partial charge on any atom is -0.381 e. The van der Waals surface area contributed by atoms with Gasteiger partial charge in [-0.05, 0) is 38.0 Å². The summed E-state index contributed by atoms with van der Waals surface area (Å²) in [7, 11) is 0. The highest BCUT2D eigenvalue weighted by molar-refractivity contribution is 6.31. The lowest BCUT2D eigenvalue weighted by atomic mass is 9.91. The Morgan fingerprint density at radius 1 is 1.35 bits per heavy atom. The molecule has 0 spiro atoms. The summed E-state index contributed by atoms with van der Waals surface area (Å²) in [5.41, 5.74) is 2.11. The Bertz CT molecular complexity index is 618. The Labute approximate surface area is 128 Å². The van der Waals surface area contributed by atoms with Crippen molar-refractivity contribution in [2.75, 3.05) is 19.1 Å². The molecule has 0 amide bonds. The van der Waals surface area contributed by atoms with Gasteiger partial charge in [0.15, 0.2) is 0 Å². The molecule has 3 nitrogen and oxygen atoms in total. The smallest absolute Gasteiger partial charge is 0.111 e. The van der Waals surface area contributed by atoms with Crippen molar-refractivity contribution in [3.05, 3.63) is 29.0 Å². The molecule has 5 heteroatoms. The Kier molecular flexibility index (Phi) is 3.93. The van der Waals surface area contributed by atoms with Crippen molar-refractivity contribution in [2.45, 2.75) is 31.7 Å². The summed E-state index contributed by atoms with van der Waals surface area (Å²) in [6, 6.07) is 5.87. The highest BCUT2D eigenvalue weighted by Crippen LogP contribution is 2.34.